The lowest BCUT2D eigenvalue weighted by Crippen LogP contribution is -2.04. The monoisotopic (exact) mass is 592 g/mol. The van der Waals surface area contributed by atoms with Gasteiger partial charge in [-0.2, -0.15) is 0 Å². The molecule has 46 heavy (non-hydrogen) atoms. The Morgan fingerprint density at radius 2 is 0.957 bits per heavy atom. The van der Waals surface area contributed by atoms with Gasteiger partial charge in [-0.3, -0.25) is 0 Å². The van der Waals surface area contributed by atoms with Crippen LogP contribution >= 0.6 is 0 Å². The number of nitrogens with zero attached hydrogens (tertiary/aromatic N) is 2. The molecule has 4 heteroatoms. The molecule has 1 aliphatic rings. The molecule has 0 bridgehead atoms. The standard InChI is InChI=1S/C42H32N4/c1-7-23-39-33(17-1)34-18-2-8-24-40(34)45(39)31-15-11-13-29(27-31)43-37-21-5-6-22-38(37)44-30-14-12-16-32(28-30)46-41-25-9-3-19-35(41)36-20-4-10-26-42(36)46/h1-9,11-25,27-28,43-44H,10,26H2. The van der Waals surface area contributed by atoms with E-state index in [0.717, 1.165) is 41.3 Å². The van der Waals surface area contributed by atoms with Crippen molar-refractivity contribution >= 4 is 61.5 Å². The molecule has 2 N–H and O–H groups in total. The lowest BCUT2D eigenvalue weighted by Gasteiger charge is -2.17. The molecule has 2 aromatic heterocycles. The molecule has 0 saturated carbocycles. The van der Waals surface area contributed by atoms with E-state index in [9.17, 15) is 0 Å². The minimum absolute atomic E-state index is 1.02. The topological polar surface area (TPSA) is 33.9 Å². The number of nitrogens with one attached hydrogen (secondary N) is 2. The molecule has 0 spiro atoms. The Labute approximate surface area is 267 Å². The third-order valence-electron chi connectivity index (χ3n) is 9.12. The van der Waals surface area contributed by atoms with Crippen molar-refractivity contribution in [2.24, 2.45) is 0 Å². The van der Waals surface area contributed by atoms with Crippen LogP contribution in [0.2, 0.25) is 0 Å². The summed E-state index contributed by atoms with van der Waals surface area (Å²) in [6, 6.07) is 51.8. The molecule has 220 valence electrons. The summed E-state index contributed by atoms with van der Waals surface area (Å²) in [5.74, 6) is 0. The van der Waals surface area contributed by atoms with Crippen molar-refractivity contribution in [1.82, 2.24) is 9.13 Å². The van der Waals surface area contributed by atoms with Crippen molar-refractivity contribution in [1.29, 1.82) is 0 Å². The van der Waals surface area contributed by atoms with Gasteiger partial charge in [-0.15, -0.1) is 0 Å². The summed E-state index contributed by atoms with van der Waals surface area (Å²) in [4.78, 5) is 0. The van der Waals surface area contributed by atoms with Gasteiger partial charge in [0.25, 0.3) is 0 Å². The van der Waals surface area contributed by atoms with Crippen molar-refractivity contribution in [3.63, 3.8) is 0 Å². The van der Waals surface area contributed by atoms with E-state index >= 15 is 0 Å². The fourth-order valence-corrected chi connectivity index (χ4v) is 7.12. The molecule has 0 unspecified atom stereocenters. The summed E-state index contributed by atoms with van der Waals surface area (Å²) in [5, 5.41) is 11.3. The van der Waals surface area contributed by atoms with Gasteiger partial charge >= 0.3 is 0 Å². The van der Waals surface area contributed by atoms with Gasteiger partial charge in [0.2, 0.25) is 0 Å². The predicted octanol–water partition coefficient (Wildman–Crippen LogP) is 11.2. The lowest BCUT2D eigenvalue weighted by atomic mass is 10.0. The highest BCUT2D eigenvalue weighted by atomic mass is 15.0. The van der Waals surface area contributed by atoms with Crippen LogP contribution in [-0.4, -0.2) is 9.13 Å². The second kappa shape index (κ2) is 10.9. The summed E-state index contributed by atoms with van der Waals surface area (Å²) in [6.45, 7) is 0. The van der Waals surface area contributed by atoms with Gasteiger partial charge in [-0.25, -0.2) is 0 Å². The first-order valence-corrected chi connectivity index (χ1v) is 15.9. The number of aromatic nitrogens is 2. The molecule has 4 nitrogen and oxygen atoms in total. The SMILES string of the molecule is C1=Cc2c(n(-c3cccc(Nc4ccccc4Nc4cccc(-n5c6ccccc6c6ccccc65)c4)c3)c3ccccc23)CC1. The van der Waals surface area contributed by atoms with Crippen molar-refractivity contribution in [3.8, 4) is 11.4 Å². The summed E-state index contributed by atoms with van der Waals surface area (Å²) in [6.07, 6.45) is 6.69. The van der Waals surface area contributed by atoms with E-state index in [1.165, 1.54) is 49.7 Å². The third-order valence-corrected chi connectivity index (χ3v) is 9.12. The maximum atomic E-state index is 3.72. The summed E-state index contributed by atoms with van der Waals surface area (Å²) < 4.78 is 4.79. The van der Waals surface area contributed by atoms with Crippen LogP contribution in [0.1, 0.15) is 17.7 Å². The van der Waals surface area contributed by atoms with Gasteiger partial charge in [0.05, 0.1) is 27.9 Å². The van der Waals surface area contributed by atoms with Gasteiger partial charge < -0.3 is 19.8 Å². The first-order valence-electron chi connectivity index (χ1n) is 15.9. The molecular formula is C42H32N4. The Morgan fingerprint density at radius 3 is 1.57 bits per heavy atom. The quantitative estimate of drug-likeness (QED) is 0.201. The number of para-hydroxylation sites is 5. The van der Waals surface area contributed by atoms with Crippen molar-refractivity contribution in [2.75, 3.05) is 10.6 Å². The molecule has 0 fully saturated rings. The van der Waals surface area contributed by atoms with Crippen molar-refractivity contribution < 1.29 is 0 Å². The van der Waals surface area contributed by atoms with Crippen LogP contribution in [0, 0.1) is 0 Å². The average molecular weight is 593 g/mol. The highest BCUT2D eigenvalue weighted by Crippen LogP contribution is 2.36. The predicted molar refractivity (Wildman–Crippen MR) is 194 cm³/mol. The normalized spacial score (nSPS) is 12.5. The number of benzene rings is 6. The van der Waals surface area contributed by atoms with Crippen molar-refractivity contribution in [2.45, 2.75) is 12.8 Å². The minimum atomic E-state index is 1.02. The van der Waals surface area contributed by atoms with Gasteiger partial charge in [-0.1, -0.05) is 91.0 Å². The van der Waals surface area contributed by atoms with E-state index in [-0.39, 0.29) is 0 Å². The van der Waals surface area contributed by atoms with Gasteiger partial charge in [0.1, 0.15) is 0 Å². The van der Waals surface area contributed by atoms with Gasteiger partial charge in [-0.05, 0) is 79.6 Å². The van der Waals surface area contributed by atoms with Crippen LogP contribution in [0.5, 0.6) is 0 Å². The number of hydrogen-bond donors (Lipinski definition) is 2. The molecule has 0 saturated heterocycles. The maximum absolute atomic E-state index is 3.72. The molecule has 0 atom stereocenters. The molecule has 6 aromatic carbocycles. The van der Waals surface area contributed by atoms with E-state index in [4.69, 9.17) is 0 Å². The van der Waals surface area contributed by atoms with Crippen molar-refractivity contribution in [3.05, 3.63) is 163 Å². The van der Waals surface area contributed by atoms with Crippen LogP contribution in [0.15, 0.2) is 152 Å². The van der Waals surface area contributed by atoms with Gasteiger partial charge in [0, 0.05) is 50.2 Å². The first kappa shape index (κ1) is 26.4. The third kappa shape index (κ3) is 4.38. The summed E-state index contributed by atoms with van der Waals surface area (Å²) >= 11 is 0. The number of fused-ring (bicyclic) bond motifs is 6. The molecule has 2 heterocycles. The first-order chi connectivity index (χ1) is 22.8. The second-order valence-electron chi connectivity index (χ2n) is 11.9. The Hall–Kier alpha value is -6.00. The van der Waals surface area contributed by atoms with E-state index in [0.29, 0.717) is 0 Å². The van der Waals surface area contributed by atoms with Crippen LogP contribution in [0.4, 0.5) is 22.7 Å². The van der Waals surface area contributed by atoms with E-state index in [1.54, 1.807) is 0 Å². The molecule has 0 radical (unpaired) electrons. The Kier molecular flexibility index (Phi) is 6.24. The van der Waals surface area contributed by atoms with Gasteiger partial charge in [0.15, 0.2) is 0 Å². The highest BCUT2D eigenvalue weighted by Gasteiger charge is 2.18. The number of anilines is 4. The summed E-state index contributed by atoms with van der Waals surface area (Å²) in [5.41, 5.74) is 12.8. The second-order valence-corrected chi connectivity index (χ2v) is 11.9. The van der Waals surface area contributed by atoms with E-state index < -0.39 is 0 Å². The minimum Gasteiger partial charge on any atom is -0.354 e. The Morgan fingerprint density at radius 1 is 0.457 bits per heavy atom. The smallest absolute Gasteiger partial charge is 0.0623 e. The zero-order valence-corrected chi connectivity index (χ0v) is 25.3. The summed E-state index contributed by atoms with van der Waals surface area (Å²) in [7, 11) is 0. The fourth-order valence-electron chi connectivity index (χ4n) is 7.12. The Balaban J connectivity index is 1.06. The molecule has 0 amide bonds. The van der Waals surface area contributed by atoms with Crippen LogP contribution < -0.4 is 10.6 Å². The molecular weight excluding hydrogens is 560 g/mol. The van der Waals surface area contributed by atoms with E-state index in [2.05, 4.69) is 178 Å². The Bertz CT molecular complexity index is 2390. The molecule has 1 aliphatic carbocycles. The number of allylic oxidation sites excluding steroid dienone is 1. The highest BCUT2D eigenvalue weighted by molar-refractivity contribution is 6.09. The van der Waals surface area contributed by atoms with Crippen LogP contribution in [0.25, 0.3) is 50.2 Å². The van der Waals surface area contributed by atoms with E-state index in [1.807, 2.05) is 0 Å². The fraction of sp³-hybridized carbons (Fsp3) is 0.0476. The van der Waals surface area contributed by atoms with Crippen LogP contribution in [0.3, 0.4) is 0 Å². The van der Waals surface area contributed by atoms with Crippen LogP contribution in [-0.2, 0) is 6.42 Å². The lowest BCUT2D eigenvalue weighted by molar-refractivity contribution is 0.889. The largest absolute Gasteiger partial charge is 0.354 e. The maximum Gasteiger partial charge on any atom is 0.0623 e. The average Bonchev–Trinajstić information content (AvgIpc) is 3.63. The zero-order chi connectivity index (χ0) is 30.5. The number of rotatable bonds is 6. The molecule has 0 aliphatic heterocycles. The number of hydrogen-bond acceptors (Lipinski definition) is 2. The molecule has 8 aromatic rings. The molecule has 9 rings (SSSR count). The zero-order valence-electron chi connectivity index (χ0n) is 25.3.